The van der Waals surface area contributed by atoms with Crippen molar-refractivity contribution in [1.82, 2.24) is 20.4 Å². The van der Waals surface area contributed by atoms with Crippen molar-refractivity contribution in [1.29, 1.82) is 0 Å². The van der Waals surface area contributed by atoms with Gasteiger partial charge in [-0.05, 0) is 45.1 Å². The van der Waals surface area contributed by atoms with E-state index in [1.165, 1.54) is 24.3 Å². The van der Waals surface area contributed by atoms with Crippen LogP contribution in [-0.2, 0) is 0 Å². The number of hydrogen-bond acceptors (Lipinski definition) is 7. The van der Waals surface area contributed by atoms with Crippen LogP contribution in [-0.4, -0.2) is 31.9 Å². The Kier molecular flexibility index (Phi) is 4.20. The average Bonchev–Trinajstić information content (AvgIpc) is 3.14. The molecule has 0 radical (unpaired) electrons. The Balaban J connectivity index is 1.87. The lowest BCUT2D eigenvalue weighted by atomic mass is 10.2. The van der Waals surface area contributed by atoms with Gasteiger partial charge in [0.2, 0.25) is 5.89 Å². The van der Waals surface area contributed by atoms with Gasteiger partial charge in [-0.25, -0.2) is 0 Å². The Hall–Kier alpha value is -2.89. The number of halogens is 3. The number of nitrogens with one attached hydrogen (secondary N) is 1. The molecule has 0 aliphatic rings. The normalized spacial score (nSPS) is 11.0. The Morgan fingerprint density at radius 3 is 2.50 bits per heavy atom. The smallest absolute Gasteiger partial charge is 0.387 e. The van der Waals surface area contributed by atoms with Crippen molar-refractivity contribution in [3.05, 3.63) is 38.9 Å². The summed E-state index contributed by atoms with van der Waals surface area (Å²) in [7, 11) is 0. The molecule has 2 heterocycles. The van der Waals surface area contributed by atoms with Crippen LogP contribution < -0.4 is 4.74 Å². The van der Waals surface area contributed by atoms with Crippen molar-refractivity contribution in [2.45, 2.75) is 6.61 Å². The van der Waals surface area contributed by atoms with E-state index < -0.39 is 11.5 Å². The third kappa shape index (κ3) is 3.08. The van der Waals surface area contributed by atoms with Gasteiger partial charge < -0.3 is 19.3 Å². The number of benzene rings is 1. The molecule has 1 aromatic carbocycles. The second-order valence-electron chi connectivity index (χ2n) is 4.31. The van der Waals surface area contributed by atoms with E-state index in [9.17, 15) is 18.9 Å². The fourth-order valence-electron chi connectivity index (χ4n) is 1.80. The number of ether oxygens (including phenoxy) is 1. The first kappa shape index (κ1) is 16.0. The van der Waals surface area contributed by atoms with Gasteiger partial charge in [0, 0.05) is 5.56 Å². The maximum Gasteiger partial charge on any atom is 0.387 e. The van der Waals surface area contributed by atoms with Gasteiger partial charge >= 0.3 is 12.4 Å². The van der Waals surface area contributed by atoms with Gasteiger partial charge in [0.1, 0.15) is 10.2 Å². The van der Waals surface area contributed by atoms with E-state index in [-0.39, 0.29) is 33.5 Å². The summed E-state index contributed by atoms with van der Waals surface area (Å²) < 4.78 is 33.9. The molecule has 24 heavy (non-hydrogen) atoms. The van der Waals surface area contributed by atoms with Gasteiger partial charge in [-0.3, -0.25) is 0 Å². The van der Waals surface area contributed by atoms with Gasteiger partial charge in [-0.2, -0.15) is 8.78 Å². The summed E-state index contributed by atoms with van der Waals surface area (Å²) in [5, 5.41) is 24.3. The van der Waals surface area contributed by atoms with Crippen LogP contribution in [0.1, 0.15) is 0 Å². The predicted molar refractivity (Wildman–Crippen MR) is 78.3 cm³/mol. The molecule has 0 unspecified atom stereocenters. The number of hydrogen-bond donors (Lipinski definition) is 1. The molecule has 3 aromatic rings. The SMILES string of the molecule is O=[N+]([O-])c1[nH]nc(-c2nnc(-c3ccc(OC(F)F)cc3)o2)c1Br. The number of aromatic amines is 1. The van der Waals surface area contributed by atoms with Crippen molar-refractivity contribution >= 4 is 21.7 Å². The van der Waals surface area contributed by atoms with Crippen LogP contribution in [0.5, 0.6) is 5.75 Å². The highest BCUT2D eigenvalue weighted by Gasteiger charge is 2.25. The number of nitro groups is 1. The van der Waals surface area contributed by atoms with E-state index in [2.05, 4.69) is 41.1 Å². The zero-order valence-corrected chi connectivity index (χ0v) is 13.0. The highest BCUT2D eigenvalue weighted by Crippen LogP contribution is 2.33. The molecule has 0 aliphatic heterocycles. The first-order valence-corrected chi connectivity index (χ1v) is 7.02. The standard InChI is InChI=1S/C12H6BrF2N5O4/c13-7-8(16-17-9(7)20(21)22)11-19-18-10(24-11)5-1-3-6(4-2-5)23-12(14)15/h1-4,12H,(H,16,17). The van der Waals surface area contributed by atoms with Crippen LogP contribution in [0.25, 0.3) is 23.0 Å². The van der Waals surface area contributed by atoms with Crippen LogP contribution in [0, 0.1) is 10.1 Å². The van der Waals surface area contributed by atoms with Gasteiger partial charge in [0.05, 0.1) is 0 Å². The molecular formula is C12H6BrF2N5O4. The van der Waals surface area contributed by atoms with Crippen molar-refractivity contribution < 1.29 is 22.9 Å². The quantitative estimate of drug-likeness (QED) is 0.513. The predicted octanol–water partition coefficient (Wildman–Crippen LogP) is 3.40. The molecule has 1 N–H and O–H groups in total. The Morgan fingerprint density at radius 2 is 1.92 bits per heavy atom. The second-order valence-corrected chi connectivity index (χ2v) is 5.10. The van der Waals surface area contributed by atoms with Gasteiger partial charge in [0.25, 0.3) is 5.89 Å². The highest BCUT2D eigenvalue weighted by atomic mass is 79.9. The zero-order chi connectivity index (χ0) is 17.3. The fourth-order valence-corrected chi connectivity index (χ4v) is 2.29. The Bertz CT molecular complexity index is 880. The van der Waals surface area contributed by atoms with E-state index in [0.717, 1.165) is 0 Å². The van der Waals surface area contributed by atoms with Crippen molar-refractivity contribution in [2.24, 2.45) is 0 Å². The number of nitrogens with zero attached hydrogens (tertiary/aromatic N) is 4. The summed E-state index contributed by atoms with van der Waals surface area (Å²) in [5.41, 5.74) is 0.537. The lowest BCUT2D eigenvalue weighted by Crippen LogP contribution is -2.01. The molecule has 124 valence electrons. The van der Waals surface area contributed by atoms with Crippen molar-refractivity contribution in [2.75, 3.05) is 0 Å². The third-order valence-corrected chi connectivity index (χ3v) is 3.58. The minimum absolute atomic E-state index is 0.0147. The lowest BCUT2D eigenvalue weighted by molar-refractivity contribution is -0.390. The van der Waals surface area contributed by atoms with Gasteiger partial charge in [-0.15, -0.1) is 15.3 Å². The lowest BCUT2D eigenvalue weighted by Gasteiger charge is -2.03. The van der Waals surface area contributed by atoms with Gasteiger partial charge in [-0.1, -0.05) is 5.10 Å². The first-order chi connectivity index (χ1) is 11.5. The van der Waals surface area contributed by atoms with E-state index >= 15 is 0 Å². The summed E-state index contributed by atoms with van der Waals surface area (Å²) in [6.07, 6.45) is 0. The molecule has 0 atom stereocenters. The number of rotatable bonds is 5. The molecule has 2 aromatic heterocycles. The topological polar surface area (TPSA) is 120 Å². The van der Waals surface area contributed by atoms with Crippen LogP contribution in [0.15, 0.2) is 33.2 Å². The van der Waals surface area contributed by atoms with Crippen LogP contribution in [0.3, 0.4) is 0 Å². The molecule has 0 bridgehead atoms. The second kappa shape index (κ2) is 6.31. The Morgan fingerprint density at radius 1 is 1.25 bits per heavy atom. The van der Waals surface area contributed by atoms with Crippen LogP contribution in [0.4, 0.5) is 14.6 Å². The molecule has 0 saturated carbocycles. The molecular weight excluding hydrogens is 396 g/mol. The van der Waals surface area contributed by atoms with Crippen molar-refractivity contribution in [3.63, 3.8) is 0 Å². The van der Waals surface area contributed by atoms with E-state index in [4.69, 9.17) is 4.42 Å². The molecule has 9 nitrogen and oxygen atoms in total. The summed E-state index contributed by atoms with van der Waals surface area (Å²) in [5.74, 6) is -0.322. The summed E-state index contributed by atoms with van der Waals surface area (Å²) in [6.45, 7) is -2.92. The Labute approximate surface area is 139 Å². The monoisotopic (exact) mass is 401 g/mol. The van der Waals surface area contributed by atoms with Crippen LogP contribution >= 0.6 is 15.9 Å². The molecule has 0 aliphatic carbocycles. The minimum Gasteiger partial charge on any atom is -0.435 e. The van der Waals surface area contributed by atoms with E-state index in [1.54, 1.807) is 0 Å². The molecule has 3 rings (SSSR count). The summed E-state index contributed by atoms with van der Waals surface area (Å²) in [4.78, 5) is 10.1. The molecule has 0 spiro atoms. The van der Waals surface area contributed by atoms with Crippen LogP contribution in [0.2, 0.25) is 0 Å². The maximum absolute atomic E-state index is 12.1. The number of H-pyrrole nitrogens is 1. The number of aromatic nitrogens is 4. The van der Waals surface area contributed by atoms with E-state index in [1.807, 2.05) is 0 Å². The minimum atomic E-state index is -2.92. The average molecular weight is 402 g/mol. The summed E-state index contributed by atoms with van der Waals surface area (Å²) >= 11 is 3.04. The molecule has 0 saturated heterocycles. The van der Waals surface area contributed by atoms with Gasteiger partial charge in [0.15, 0.2) is 5.69 Å². The zero-order valence-electron chi connectivity index (χ0n) is 11.4. The maximum atomic E-state index is 12.1. The first-order valence-electron chi connectivity index (χ1n) is 6.23. The van der Waals surface area contributed by atoms with E-state index in [0.29, 0.717) is 5.56 Å². The fraction of sp³-hybridized carbons (Fsp3) is 0.0833. The molecule has 0 amide bonds. The largest absolute Gasteiger partial charge is 0.435 e. The number of alkyl halides is 2. The highest BCUT2D eigenvalue weighted by molar-refractivity contribution is 9.10. The summed E-state index contributed by atoms with van der Waals surface area (Å²) in [6, 6.07) is 5.55. The third-order valence-electron chi connectivity index (χ3n) is 2.83. The molecule has 0 fully saturated rings. The van der Waals surface area contributed by atoms with Crippen molar-refractivity contribution in [3.8, 4) is 28.8 Å². The molecule has 12 heteroatoms.